The van der Waals surface area contributed by atoms with Crippen molar-refractivity contribution in [2.24, 2.45) is 0 Å². The summed E-state index contributed by atoms with van der Waals surface area (Å²) in [5, 5.41) is 5.27. The van der Waals surface area contributed by atoms with Crippen molar-refractivity contribution >= 4 is 34.3 Å². The third-order valence-corrected chi connectivity index (χ3v) is 5.12. The highest BCUT2D eigenvalue weighted by atomic mass is 32.1. The number of benzene rings is 1. The van der Waals surface area contributed by atoms with E-state index in [2.05, 4.69) is 21.4 Å². The van der Waals surface area contributed by atoms with Crippen LogP contribution in [0.5, 0.6) is 0 Å². The lowest BCUT2D eigenvalue weighted by Crippen LogP contribution is -2.28. The van der Waals surface area contributed by atoms with Gasteiger partial charge in [-0.05, 0) is 30.5 Å². The Bertz CT molecular complexity index is 985. The smallest absolute Gasteiger partial charge is 0.338 e. The predicted octanol–water partition coefficient (Wildman–Crippen LogP) is 4.12. The van der Waals surface area contributed by atoms with Gasteiger partial charge >= 0.3 is 5.97 Å². The zero-order chi connectivity index (χ0) is 17.4. The summed E-state index contributed by atoms with van der Waals surface area (Å²) in [4.78, 5) is 18.5. The molecule has 0 spiro atoms. The number of thiophene rings is 1. The number of fused-ring (bicyclic) bond motifs is 3. The molecular formula is C19H17N3O2S. The molecular weight excluding hydrogens is 334 g/mol. The van der Waals surface area contributed by atoms with E-state index in [0.717, 1.165) is 27.6 Å². The highest BCUT2D eigenvalue weighted by Gasteiger charge is 2.35. The van der Waals surface area contributed by atoms with Gasteiger partial charge in [0, 0.05) is 10.6 Å². The molecule has 1 N–H and O–H groups in total. The predicted molar refractivity (Wildman–Crippen MR) is 99.7 cm³/mol. The molecule has 0 amide bonds. The lowest BCUT2D eigenvalue weighted by atomic mass is 10.0. The molecule has 1 aliphatic rings. The van der Waals surface area contributed by atoms with Crippen molar-refractivity contribution in [2.75, 3.05) is 11.9 Å². The molecule has 1 aromatic carbocycles. The Kier molecular flexibility index (Phi) is 3.89. The maximum absolute atomic E-state index is 12.7. The van der Waals surface area contributed by atoms with Crippen LogP contribution in [0.4, 0.5) is 5.95 Å². The first-order valence-corrected chi connectivity index (χ1v) is 8.85. The van der Waals surface area contributed by atoms with Gasteiger partial charge < -0.3 is 10.1 Å². The van der Waals surface area contributed by atoms with E-state index in [9.17, 15) is 4.79 Å². The molecule has 6 heteroatoms. The normalized spacial score (nSPS) is 16.4. The summed E-state index contributed by atoms with van der Waals surface area (Å²) in [7, 11) is 0. The molecule has 0 saturated heterocycles. The maximum Gasteiger partial charge on any atom is 0.338 e. The Labute approximate surface area is 149 Å². The molecule has 0 unspecified atom stereocenters. The lowest BCUT2D eigenvalue weighted by molar-refractivity contribution is -0.138. The Morgan fingerprint density at radius 3 is 3.00 bits per heavy atom. The van der Waals surface area contributed by atoms with Crippen molar-refractivity contribution < 1.29 is 9.53 Å². The maximum atomic E-state index is 12.7. The number of nitrogens with zero attached hydrogens (tertiary/aromatic N) is 2. The third kappa shape index (κ3) is 2.55. The fourth-order valence-electron chi connectivity index (χ4n) is 3.16. The second-order valence-electron chi connectivity index (χ2n) is 5.76. The van der Waals surface area contributed by atoms with Crippen LogP contribution in [0.15, 0.2) is 65.7 Å². The number of carbonyl (C=O) groups is 1. The zero-order valence-electron chi connectivity index (χ0n) is 13.7. The van der Waals surface area contributed by atoms with E-state index >= 15 is 0 Å². The van der Waals surface area contributed by atoms with Gasteiger partial charge in [-0.3, -0.25) is 4.57 Å². The number of hydrogen-bond acceptors (Lipinski definition) is 5. The number of anilines is 1. The number of allylic oxidation sites excluding steroid dienone is 1. The van der Waals surface area contributed by atoms with Gasteiger partial charge in [-0.25, -0.2) is 9.78 Å². The molecule has 0 bridgehead atoms. The van der Waals surface area contributed by atoms with Crippen molar-refractivity contribution in [1.29, 1.82) is 0 Å². The van der Waals surface area contributed by atoms with Gasteiger partial charge in [0.15, 0.2) is 0 Å². The second kappa shape index (κ2) is 6.22. The Morgan fingerprint density at radius 2 is 2.24 bits per heavy atom. The number of ether oxygens (including phenoxy) is 1. The molecule has 0 radical (unpaired) electrons. The summed E-state index contributed by atoms with van der Waals surface area (Å²) in [5.74, 6) is 0.393. The molecule has 0 fully saturated rings. The van der Waals surface area contributed by atoms with Gasteiger partial charge in [-0.15, -0.1) is 11.3 Å². The minimum atomic E-state index is -0.341. The Hall–Kier alpha value is -2.86. The van der Waals surface area contributed by atoms with E-state index < -0.39 is 0 Å². The van der Waals surface area contributed by atoms with Crippen molar-refractivity contribution in [3.8, 4) is 0 Å². The molecule has 3 aromatic rings. The van der Waals surface area contributed by atoms with Crippen LogP contribution in [0.2, 0.25) is 0 Å². The number of esters is 1. The Balaban J connectivity index is 1.92. The quantitative estimate of drug-likeness (QED) is 0.567. The summed E-state index contributed by atoms with van der Waals surface area (Å²) >= 11 is 1.61. The minimum absolute atomic E-state index is 0.185. The number of aromatic nitrogens is 2. The first-order chi connectivity index (χ1) is 12.2. The van der Waals surface area contributed by atoms with Crippen molar-refractivity contribution in [1.82, 2.24) is 9.55 Å². The van der Waals surface area contributed by atoms with E-state index in [1.807, 2.05) is 48.7 Å². The number of imidazole rings is 1. The largest absolute Gasteiger partial charge is 0.458 e. The summed E-state index contributed by atoms with van der Waals surface area (Å²) in [5.41, 5.74) is 3.22. The SMILES string of the molecule is C=CCOC(=O)C1=C(C)Nc2nc3ccccc3n2[C@@H]1c1cccs1. The average Bonchev–Trinajstić information content (AvgIpc) is 3.25. The molecule has 4 rings (SSSR count). The van der Waals surface area contributed by atoms with Crippen LogP contribution in [-0.2, 0) is 9.53 Å². The number of nitrogens with one attached hydrogen (secondary N) is 1. The van der Waals surface area contributed by atoms with Crippen LogP contribution in [-0.4, -0.2) is 22.1 Å². The van der Waals surface area contributed by atoms with Gasteiger partial charge in [0.05, 0.1) is 16.6 Å². The van der Waals surface area contributed by atoms with Gasteiger partial charge in [-0.1, -0.05) is 30.9 Å². The van der Waals surface area contributed by atoms with Crippen LogP contribution >= 0.6 is 11.3 Å². The van der Waals surface area contributed by atoms with Crippen LogP contribution in [0.3, 0.4) is 0 Å². The minimum Gasteiger partial charge on any atom is -0.458 e. The summed E-state index contributed by atoms with van der Waals surface area (Å²) in [6.45, 7) is 5.68. The molecule has 2 aromatic heterocycles. The van der Waals surface area contributed by atoms with Crippen molar-refractivity contribution in [3.05, 3.63) is 70.6 Å². The highest BCUT2D eigenvalue weighted by Crippen LogP contribution is 2.40. The fourth-order valence-corrected chi connectivity index (χ4v) is 3.98. The molecule has 0 saturated carbocycles. The molecule has 5 nitrogen and oxygen atoms in total. The van der Waals surface area contributed by atoms with Crippen LogP contribution in [0, 0.1) is 0 Å². The topological polar surface area (TPSA) is 56.1 Å². The number of carbonyl (C=O) groups excluding carboxylic acids is 1. The van der Waals surface area contributed by atoms with Crippen LogP contribution in [0.1, 0.15) is 17.8 Å². The van der Waals surface area contributed by atoms with Crippen LogP contribution in [0.25, 0.3) is 11.0 Å². The molecule has 126 valence electrons. The highest BCUT2D eigenvalue weighted by molar-refractivity contribution is 7.10. The third-order valence-electron chi connectivity index (χ3n) is 4.20. The van der Waals surface area contributed by atoms with Crippen LogP contribution < -0.4 is 5.32 Å². The first-order valence-electron chi connectivity index (χ1n) is 7.97. The van der Waals surface area contributed by atoms with Gasteiger partial charge in [0.1, 0.15) is 12.6 Å². The molecule has 0 aliphatic carbocycles. The Morgan fingerprint density at radius 1 is 1.40 bits per heavy atom. The van der Waals surface area contributed by atoms with E-state index in [1.54, 1.807) is 17.4 Å². The average molecular weight is 351 g/mol. The van der Waals surface area contributed by atoms with E-state index in [4.69, 9.17) is 4.74 Å². The first kappa shape index (κ1) is 15.7. The number of rotatable bonds is 4. The van der Waals surface area contributed by atoms with Gasteiger partial charge in [0.25, 0.3) is 0 Å². The lowest BCUT2D eigenvalue weighted by Gasteiger charge is -2.29. The molecule has 1 aliphatic heterocycles. The van der Waals surface area contributed by atoms with Crippen molar-refractivity contribution in [3.63, 3.8) is 0 Å². The number of para-hydroxylation sites is 2. The summed E-state index contributed by atoms with van der Waals surface area (Å²) in [6.07, 6.45) is 1.57. The fraction of sp³-hybridized carbons (Fsp3) is 0.158. The monoisotopic (exact) mass is 351 g/mol. The van der Waals surface area contributed by atoms with E-state index in [0.29, 0.717) is 5.57 Å². The molecule has 1 atom stereocenters. The molecule has 25 heavy (non-hydrogen) atoms. The van der Waals surface area contributed by atoms with Gasteiger partial charge in [-0.2, -0.15) is 0 Å². The van der Waals surface area contributed by atoms with E-state index in [1.165, 1.54) is 0 Å². The standard InChI is InChI=1S/C19H17N3O2S/c1-3-10-24-18(23)16-12(2)20-19-21-13-7-4-5-8-14(13)22(19)17(16)15-9-6-11-25-15/h3-9,11,17H,1,10H2,2H3,(H,20,21)/t17-/m1/s1. The second-order valence-corrected chi connectivity index (χ2v) is 6.74. The summed E-state index contributed by atoms with van der Waals surface area (Å²) < 4.78 is 7.42. The van der Waals surface area contributed by atoms with Crippen molar-refractivity contribution in [2.45, 2.75) is 13.0 Å². The summed E-state index contributed by atoms with van der Waals surface area (Å²) in [6, 6.07) is 11.7. The van der Waals surface area contributed by atoms with E-state index in [-0.39, 0.29) is 18.6 Å². The molecule has 3 heterocycles. The zero-order valence-corrected chi connectivity index (χ0v) is 14.5. The number of hydrogen-bond donors (Lipinski definition) is 1. The van der Waals surface area contributed by atoms with Gasteiger partial charge in [0.2, 0.25) is 5.95 Å².